The molecule has 20 nitrogen and oxygen atoms in total. The van der Waals surface area contributed by atoms with E-state index < -0.39 is 110 Å². The number of hydrogen-bond acceptors (Lipinski definition) is 14. The van der Waals surface area contributed by atoms with Crippen molar-refractivity contribution in [2.24, 2.45) is 57.5 Å². The van der Waals surface area contributed by atoms with Crippen LogP contribution in [0.15, 0.2) is 0 Å². The number of ether oxygens (including phenoxy) is 1. The highest BCUT2D eigenvalue weighted by Crippen LogP contribution is 2.48. The fourth-order valence-electron chi connectivity index (χ4n) is 9.73. The molecule has 1 rings (SSSR count). The largest absolute Gasteiger partial charge is 0.748 e. The molecule has 9 N–H and O–H groups in total. The molecule has 0 aliphatic carbocycles. The van der Waals surface area contributed by atoms with Gasteiger partial charge in [-0.05, 0) is 48.3 Å². The van der Waals surface area contributed by atoms with Gasteiger partial charge in [0.2, 0.25) is 23.6 Å². The van der Waals surface area contributed by atoms with Crippen LogP contribution in [0.1, 0.15) is 113 Å². The predicted molar refractivity (Wildman–Crippen MR) is 270 cm³/mol. The van der Waals surface area contributed by atoms with Gasteiger partial charge in [-0.3, -0.25) is 33.6 Å². The highest BCUT2D eigenvalue weighted by Gasteiger charge is 2.53. The van der Waals surface area contributed by atoms with Gasteiger partial charge in [0.05, 0.1) is 80.1 Å². The molecule has 0 saturated carbocycles. The lowest BCUT2D eigenvalue weighted by atomic mass is 9.59. The van der Waals surface area contributed by atoms with E-state index in [-0.39, 0.29) is 64.7 Å². The molecule has 7 unspecified atom stereocenters. The van der Waals surface area contributed by atoms with Gasteiger partial charge in [0.25, 0.3) is 0 Å². The van der Waals surface area contributed by atoms with Crippen LogP contribution in [0.5, 0.6) is 0 Å². The van der Waals surface area contributed by atoms with Crippen molar-refractivity contribution in [1.29, 1.82) is 0 Å². The average molecular weight is 1060 g/mol. The lowest BCUT2D eigenvalue weighted by Gasteiger charge is -2.44. The van der Waals surface area contributed by atoms with Crippen LogP contribution in [-0.4, -0.2) is 164 Å². The second-order valence-electron chi connectivity index (χ2n) is 21.8. The Balaban J connectivity index is 3.61. The van der Waals surface area contributed by atoms with Gasteiger partial charge in [-0.15, -0.1) is 0 Å². The van der Waals surface area contributed by atoms with E-state index in [9.17, 15) is 61.9 Å². The van der Waals surface area contributed by atoms with Gasteiger partial charge in [0, 0.05) is 74.7 Å². The number of nitrogens with two attached hydrogens (primary N) is 1. The zero-order valence-electron chi connectivity index (χ0n) is 43.3. The summed E-state index contributed by atoms with van der Waals surface area (Å²) in [6, 6.07) is 0. The molecule has 406 valence electrons. The minimum Gasteiger partial charge on any atom is -0.748 e. The van der Waals surface area contributed by atoms with Crippen LogP contribution < -0.4 is 27.0 Å². The van der Waals surface area contributed by atoms with Crippen molar-refractivity contribution < 1.29 is 71.1 Å². The van der Waals surface area contributed by atoms with E-state index in [1.807, 2.05) is 35.7 Å². The third-order valence-electron chi connectivity index (χ3n) is 13.2. The first-order valence-electron chi connectivity index (χ1n) is 24.4. The van der Waals surface area contributed by atoms with Crippen LogP contribution in [0.3, 0.4) is 0 Å². The van der Waals surface area contributed by atoms with Crippen LogP contribution in [-0.2, 0) is 48.4 Å². The van der Waals surface area contributed by atoms with Crippen molar-refractivity contribution in [3.63, 3.8) is 0 Å². The molecule has 7 atom stereocenters. The van der Waals surface area contributed by atoms with E-state index >= 15 is 0 Å². The van der Waals surface area contributed by atoms with Gasteiger partial charge in [-0.2, -0.15) is 0 Å². The molecule has 0 aromatic carbocycles. The number of unbranched alkanes of at least 4 members (excludes halogenated alkanes) is 1. The molecule has 4 amide bonds. The number of carbonyl (C=O) groups excluding carboxylic acids is 4. The molecule has 1 aliphatic rings. The summed E-state index contributed by atoms with van der Waals surface area (Å²) >= 11 is 0. The third kappa shape index (κ3) is 24.0. The highest BCUT2D eigenvalue weighted by molar-refractivity contribution is 8.77. The van der Waals surface area contributed by atoms with Crippen LogP contribution in [0.4, 0.5) is 0 Å². The number of carbonyl (C=O) groups is 7. The van der Waals surface area contributed by atoms with Gasteiger partial charge in [-0.25, -0.2) is 8.42 Å². The summed E-state index contributed by atoms with van der Waals surface area (Å²) in [5.41, 5.74) is 1.50. The van der Waals surface area contributed by atoms with Crippen molar-refractivity contribution in [1.82, 2.24) is 21.3 Å². The Bertz CT molecular complexity index is 1820. The van der Waals surface area contributed by atoms with E-state index in [0.29, 0.717) is 42.1 Å². The Hall–Kier alpha value is -3.22. The van der Waals surface area contributed by atoms with Gasteiger partial charge in [0.1, 0.15) is 0 Å². The first kappa shape index (κ1) is 64.8. The Morgan fingerprint density at radius 2 is 1.27 bits per heavy atom. The molecule has 70 heavy (non-hydrogen) atoms. The lowest BCUT2D eigenvalue weighted by molar-refractivity contribution is -0.890. The summed E-state index contributed by atoms with van der Waals surface area (Å²) in [4.78, 5) is 94.8. The minimum absolute atomic E-state index is 0.0183. The second-order valence-corrected chi connectivity index (χ2v) is 26.1. The number of amides is 4. The molecule has 0 spiro atoms. The second kappa shape index (κ2) is 30.1. The molecule has 1 saturated heterocycles. The molecule has 0 bridgehead atoms. The average Bonchev–Trinajstić information content (AvgIpc) is 3.74. The molecule has 1 heterocycles. The molecule has 0 radical (unpaired) electrons. The lowest BCUT2D eigenvalue weighted by Crippen LogP contribution is -2.52. The van der Waals surface area contributed by atoms with Gasteiger partial charge < -0.3 is 56.1 Å². The van der Waals surface area contributed by atoms with Crippen LogP contribution in [0.2, 0.25) is 0 Å². The van der Waals surface area contributed by atoms with Crippen molar-refractivity contribution in [2.75, 3.05) is 84.6 Å². The van der Waals surface area contributed by atoms with E-state index in [1.165, 1.54) is 20.8 Å². The van der Waals surface area contributed by atoms with E-state index in [2.05, 4.69) is 21.3 Å². The molecule has 0 aromatic heterocycles. The number of hydrogen-bond donors (Lipinski definition) is 8. The molecule has 23 heteroatoms. The standard InChI is InChI=1S/C47H86N6O14S3/c1-31(39(55)52-22-26-67-25-18-48)36(43(60)61)46(5,6)30-34(42(58)59)37(41(57)51-21-20-49-35(54)16-12-11-15-32-17-27-68-69-32)47(7,8)29-33(38(44(62)63)45(2,3)4)40(56)50-19-13-23-53(9,10)24-14-28-70(64,65)66/h31-34,36-38H,11-30,48H2,1-10H3,(H7-,49,50,51,52,54,55,56,57,58,59,60,61,62,63,64,65,66). The number of nitrogens with one attached hydrogen (secondary N) is 4. The smallest absolute Gasteiger partial charge is 0.307 e. The summed E-state index contributed by atoms with van der Waals surface area (Å²) < 4.78 is 39.1. The van der Waals surface area contributed by atoms with Gasteiger partial charge >= 0.3 is 17.9 Å². The summed E-state index contributed by atoms with van der Waals surface area (Å²) in [5, 5.41) is 44.0. The van der Waals surface area contributed by atoms with E-state index in [0.717, 1.165) is 25.0 Å². The number of rotatable bonds is 36. The molecule has 1 fully saturated rings. The van der Waals surface area contributed by atoms with Gasteiger partial charge in [0.15, 0.2) is 0 Å². The van der Waals surface area contributed by atoms with Crippen molar-refractivity contribution in [3.8, 4) is 0 Å². The summed E-state index contributed by atoms with van der Waals surface area (Å²) in [5.74, 6) is -14.1. The molecule has 0 aromatic rings. The number of aliphatic carboxylic acids is 3. The maximum Gasteiger partial charge on any atom is 0.307 e. The normalized spacial score (nSPS) is 17.3. The maximum atomic E-state index is 14.7. The van der Waals surface area contributed by atoms with Crippen molar-refractivity contribution in [3.05, 3.63) is 0 Å². The van der Waals surface area contributed by atoms with Gasteiger partial charge in [-0.1, -0.05) is 83.4 Å². The van der Waals surface area contributed by atoms with E-state index in [4.69, 9.17) is 10.5 Å². The predicted octanol–water partition coefficient (Wildman–Crippen LogP) is 3.39. The number of carboxylic acid groups (broad SMARTS) is 3. The fraction of sp³-hybridized carbons (Fsp3) is 0.851. The third-order valence-corrected chi connectivity index (χ3v) is 16.9. The monoisotopic (exact) mass is 1050 g/mol. The van der Waals surface area contributed by atoms with Crippen LogP contribution in [0, 0.1) is 51.8 Å². The summed E-state index contributed by atoms with van der Waals surface area (Å²) in [6.07, 6.45) is 3.87. The SMILES string of the molecule is CC(C(=O)NCCOCCN)C(C(=O)O)C(C)(C)CC(C(=O)O)C(C(=O)NCCNC(=O)CCCCC1CCSS1)C(C)(C)CC(C(=O)NCCC[N+](C)(C)CCCS(=O)(=O)[O-])C(C(=O)O)C(C)(C)C. The Labute approximate surface area is 424 Å². The maximum absolute atomic E-state index is 14.7. The molecule has 1 aliphatic heterocycles. The minimum atomic E-state index is -4.38. The zero-order chi connectivity index (χ0) is 53.7. The quantitative estimate of drug-likeness (QED) is 0.0193. The zero-order valence-corrected chi connectivity index (χ0v) is 45.7. The molecular weight excluding hydrogens is 969 g/mol. The highest BCUT2D eigenvalue weighted by atomic mass is 33.1. The first-order valence-corrected chi connectivity index (χ1v) is 28.3. The first-order chi connectivity index (χ1) is 32.3. The van der Waals surface area contributed by atoms with E-state index in [1.54, 1.807) is 34.6 Å². The fourth-order valence-corrected chi connectivity index (χ4v) is 13.2. The number of carboxylic acids is 3. The number of nitrogens with zero attached hydrogens (tertiary/aromatic N) is 1. The van der Waals surface area contributed by atoms with Crippen LogP contribution >= 0.6 is 21.6 Å². The Morgan fingerprint density at radius 3 is 1.81 bits per heavy atom. The van der Waals surface area contributed by atoms with Crippen molar-refractivity contribution in [2.45, 2.75) is 118 Å². The Kier molecular flexibility index (Phi) is 27.9. The van der Waals surface area contributed by atoms with Crippen molar-refractivity contribution >= 4 is 73.2 Å². The Morgan fingerprint density at radius 1 is 0.714 bits per heavy atom. The topological polar surface area (TPSA) is 321 Å². The summed E-state index contributed by atoms with van der Waals surface area (Å²) in [7, 11) is 3.04. The number of quaternary nitrogens is 1. The van der Waals surface area contributed by atoms with Crippen LogP contribution in [0.25, 0.3) is 0 Å². The molecular formula is C47H86N6O14S3. The summed E-state index contributed by atoms with van der Waals surface area (Å²) in [6.45, 7) is 14.2.